The van der Waals surface area contributed by atoms with Crippen LogP contribution < -0.4 is 10.6 Å². The molecule has 0 aliphatic rings. The zero-order valence-corrected chi connectivity index (χ0v) is 13.6. The van der Waals surface area contributed by atoms with E-state index in [-0.39, 0.29) is 0 Å². The minimum atomic E-state index is 0.641. The zero-order valence-electron chi connectivity index (χ0n) is 10.6. The first-order valence-corrected chi connectivity index (χ1v) is 7.48. The standard InChI is InChI=1S/C15H15IN2S/c1-11-2-4-12(5-3-11)10-17-15(19)18-14-8-6-13(16)7-9-14/h2-9H,10H2,1H3,(H2,17,18,19). The predicted molar refractivity (Wildman–Crippen MR) is 93.4 cm³/mol. The molecule has 0 saturated carbocycles. The lowest BCUT2D eigenvalue weighted by Gasteiger charge is -2.10. The smallest absolute Gasteiger partial charge is 0.171 e. The molecule has 2 nitrogen and oxygen atoms in total. The molecule has 0 fully saturated rings. The monoisotopic (exact) mass is 382 g/mol. The van der Waals surface area contributed by atoms with E-state index in [4.69, 9.17) is 12.2 Å². The lowest BCUT2D eigenvalue weighted by atomic mass is 10.1. The van der Waals surface area contributed by atoms with Gasteiger partial charge >= 0.3 is 0 Å². The van der Waals surface area contributed by atoms with Crippen LogP contribution in [0.3, 0.4) is 0 Å². The minimum absolute atomic E-state index is 0.641. The molecule has 0 bridgehead atoms. The van der Waals surface area contributed by atoms with Crippen LogP contribution in [0.15, 0.2) is 48.5 Å². The van der Waals surface area contributed by atoms with E-state index in [1.54, 1.807) is 0 Å². The van der Waals surface area contributed by atoms with Gasteiger partial charge in [0.15, 0.2) is 5.11 Å². The second-order valence-corrected chi connectivity index (χ2v) is 5.95. The van der Waals surface area contributed by atoms with Gasteiger partial charge in [-0.3, -0.25) is 0 Å². The second kappa shape index (κ2) is 6.86. The van der Waals surface area contributed by atoms with Crippen molar-refractivity contribution in [1.29, 1.82) is 0 Å². The molecule has 0 aliphatic carbocycles. The Balaban J connectivity index is 1.84. The number of rotatable bonds is 3. The highest BCUT2D eigenvalue weighted by molar-refractivity contribution is 14.1. The van der Waals surface area contributed by atoms with Crippen molar-refractivity contribution in [2.45, 2.75) is 13.5 Å². The molecular formula is C15H15IN2S. The van der Waals surface area contributed by atoms with Crippen molar-refractivity contribution in [3.63, 3.8) is 0 Å². The summed E-state index contributed by atoms with van der Waals surface area (Å²) in [6.07, 6.45) is 0. The average Bonchev–Trinajstić information content (AvgIpc) is 2.41. The normalized spacial score (nSPS) is 10.0. The molecule has 0 heterocycles. The molecule has 0 aliphatic heterocycles. The number of nitrogens with one attached hydrogen (secondary N) is 2. The van der Waals surface area contributed by atoms with Gasteiger partial charge in [0.25, 0.3) is 0 Å². The third kappa shape index (κ3) is 4.80. The number of hydrogen-bond acceptors (Lipinski definition) is 1. The molecule has 2 aromatic rings. The molecule has 19 heavy (non-hydrogen) atoms. The Kier molecular flexibility index (Phi) is 5.15. The third-order valence-electron chi connectivity index (χ3n) is 2.68. The number of thiocarbonyl (C=S) groups is 1. The fourth-order valence-electron chi connectivity index (χ4n) is 1.60. The topological polar surface area (TPSA) is 24.1 Å². The number of halogens is 1. The Morgan fingerprint density at radius 1 is 1.05 bits per heavy atom. The van der Waals surface area contributed by atoms with Gasteiger partial charge in [-0.1, -0.05) is 29.8 Å². The highest BCUT2D eigenvalue weighted by atomic mass is 127. The van der Waals surface area contributed by atoms with E-state index in [9.17, 15) is 0 Å². The van der Waals surface area contributed by atoms with E-state index in [1.165, 1.54) is 14.7 Å². The van der Waals surface area contributed by atoms with Crippen LogP contribution in [0.5, 0.6) is 0 Å². The molecule has 0 atom stereocenters. The van der Waals surface area contributed by atoms with Crippen molar-refractivity contribution in [3.8, 4) is 0 Å². The maximum Gasteiger partial charge on any atom is 0.171 e. The van der Waals surface area contributed by atoms with Crippen molar-refractivity contribution >= 4 is 45.6 Å². The van der Waals surface area contributed by atoms with Crippen LogP contribution in [-0.4, -0.2) is 5.11 Å². The van der Waals surface area contributed by atoms with E-state index in [0.717, 1.165) is 12.2 Å². The molecule has 4 heteroatoms. The third-order valence-corrected chi connectivity index (χ3v) is 3.64. The van der Waals surface area contributed by atoms with Crippen LogP contribution in [0.25, 0.3) is 0 Å². The predicted octanol–water partition coefficient (Wildman–Crippen LogP) is 4.09. The Labute approximate surface area is 132 Å². The minimum Gasteiger partial charge on any atom is -0.358 e. The summed E-state index contributed by atoms with van der Waals surface area (Å²) in [6, 6.07) is 16.5. The van der Waals surface area contributed by atoms with Crippen LogP contribution >= 0.6 is 34.8 Å². The summed E-state index contributed by atoms with van der Waals surface area (Å²) >= 11 is 7.55. The molecule has 0 unspecified atom stereocenters. The van der Waals surface area contributed by atoms with Gasteiger partial charge in [0, 0.05) is 15.8 Å². The summed E-state index contributed by atoms with van der Waals surface area (Å²) in [4.78, 5) is 0. The quantitative estimate of drug-likeness (QED) is 0.618. The van der Waals surface area contributed by atoms with Crippen molar-refractivity contribution < 1.29 is 0 Å². The first-order valence-electron chi connectivity index (χ1n) is 5.99. The average molecular weight is 382 g/mol. The van der Waals surface area contributed by atoms with Crippen molar-refractivity contribution in [1.82, 2.24) is 5.32 Å². The molecule has 0 saturated heterocycles. The lowest BCUT2D eigenvalue weighted by Crippen LogP contribution is -2.27. The molecule has 0 radical (unpaired) electrons. The highest BCUT2D eigenvalue weighted by Crippen LogP contribution is 2.11. The van der Waals surface area contributed by atoms with Gasteiger partial charge in [0.1, 0.15) is 0 Å². The molecule has 0 spiro atoms. The van der Waals surface area contributed by atoms with Crippen molar-refractivity contribution in [3.05, 3.63) is 63.2 Å². The summed E-state index contributed by atoms with van der Waals surface area (Å²) < 4.78 is 1.21. The summed E-state index contributed by atoms with van der Waals surface area (Å²) in [5.41, 5.74) is 3.49. The summed E-state index contributed by atoms with van der Waals surface area (Å²) in [5.74, 6) is 0. The zero-order chi connectivity index (χ0) is 13.7. The van der Waals surface area contributed by atoms with Crippen LogP contribution in [0, 0.1) is 10.5 Å². The van der Waals surface area contributed by atoms with E-state index >= 15 is 0 Å². The lowest BCUT2D eigenvalue weighted by molar-refractivity contribution is 0.925. The highest BCUT2D eigenvalue weighted by Gasteiger charge is 1.98. The Morgan fingerprint density at radius 2 is 1.68 bits per heavy atom. The van der Waals surface area contributed by atoms with Gasteiger partial charge in [-0.25, -0.2) is 0 Å². The van der Waals surface area contributed by atoms with Crippen LogP contribution in [0.4, 0.5) is 5.69 Å². The Hall–Kier alpha value is -1.14. The van der Waals surface area contributed by atoms with Crippen LogP contribution in [0.1, 0.15) is 11.1 Å². The van der Waals surface area contributed by atoms with Gasteiger partial charge in [-0.15, -0.1) is 0 Å². The Morgan fingerprint density at radius 3 is 2.32 bits per heavy atom. The molecule has 0 aromatic heterocycles. The number of hydrogen-bond donors (Lipinski definition) is 2. The van der Waals surface area contributed by atoms with E-state index in [0.29, 0.717) is 5.11 Å². The first-order chi connectivity index (χ1) is 9.13. The molecule has 2 N–H and O–H groups in total. The molecule has 2 aromatic carbocycles. The number of aryl methyl sites for hydroxylation is 1. The maximum absolute atomic E-state index is 5.27. The van der Waals surface area contributed by atoms with Crippen LogP contribution in [-0.2, 0) is 6.54 Å². The summed E-state index contributed by atoms with van der Waals surface area (Å²) in [7, 11) is 0. The largest absolute Gasteiger partial charge is 0.358 e. The van der Waals surface area contributed by atoms with Gasteiger partial charge in [-0.05, 0) is 71.6 Å². The number of benzene rings is 2. The fourth-order valence-corrected chi connectivity index (χ4v) is 2.15. The molecular weight excluding hydrogens is 367 g/mol. The fraction of sp³-hybridized carbons (Fsp3) is 0.133. The van der Waals surface area contributed by atoms with Gasteiger partial charge in [0.2, 0.25) is 0 Å². The van der Waals surface area contributed by atoms with Gasteiger partial charge in [-0.2, -0.15) is 0 Å². The van der Waals surface area contributed by atoms with E-state index in [2.05, 4.69) is 64.4 Å². The first kappa shape index (κ1) is 14.3. The molecule has 0 amide bonds. The van der Waals surface area contributed by atoms with Crippen molar-refractivity contribution in [2.24, 2.45) is 0 Å². The second-order valence-electron chi connectivity index (χ2n) is 4.30. The van der Waals surface area contributed by atoms with E-state index < -0.39 is 0 Å². The Bertz CT molecular complexity index is 549. The molecule has 98 valence electrons. The summed E-state index contributed by atoms with van der Waals surface area (Å²) in [6.45, 7) is 2.82. The van der Waals surface area contributed by atoms with Crippen LogP contribution in [0.2, 0.25) is 0 Å². The maximum atomic E-state index is 5.27. The molecule has 2 rings (SSSR count). The summed E-state index contributed by atoms with van der Waals surface area (Å²) in [5, 5.41) is 7.01. The van der Waals surface area contributed by atoms with Crippen molar-refractivity contribution in [2.75, 3.05) is 5.32 Å². The van der Waals surface area contributed by atoms with Gasteiger partial charge < -0.3 is 10.6 Å². The number of anilines is 1. The van der Waals surface area contributed by atoms with Gasteiger partial charge in [0.05, 0.1) is 0 Å². The van der Waals surface area contributed by atoms with E-state index in [1.807, 2.05) is 24.3 Å². The SMILES string of the molecule is Cc1ccc(CNC(=S)Nc2ccc(I)cc2)cc1.